The second kappa shape index (κ2) is 8.37. The second-order valence-corrected chi connectivity index (χ2v) is 6.32. The summed E-state index contributed by atoms with van der Waals surface area (Å²) >= 11 is 0. The SMILES string of the molecule is COc1cc([C@H](CC(=O)O)NC(=O)OC(C)(C)C)c([N+](=O)[O-])cc1OC. The minimum atomic E-state index is -1.25. The van der Waals surface area contributed by atoms with E-state index in [-0.39, 0.29) is 17.1 Å². The zero-order chi connectivity index (χ0) is 20.1. The van der Waals surface area contributed by atoms with Gasteiger partial charge in [0.2, 0.25) is 0 Å². The largest absolute Gasteiger partial charge is 0.493 e. The Morgan fingerprint density at radius 1 is 1.23 bits per heavy atom. The number of rotatable bonds is 7. The smallest absolute Gasteiger partial charge is 0.408 e. The van der Waals surface area contributed by atoms with Crippen molar-refractivity contribution in [1.82, 2.24) is 5.32 Å². The van der Waals surface area contributed by atoms with E-state index in [4.69, 9.17) is 19.3 Å². The summed E-state index contributed by atoms with van der Waals surface area (Å²) in [6.45, 7) is 4.91. The van der Waals surface area contributed by atoms with Gasteiger partial charge in [-0.1, -0.05) is 0 Å². The first kappa shape index (κ1) is 21.0. The topological polar surface area (TPSA) is 137 Å². The van der Waals surface area contributed by atoms with Gasteiger partial charge in [0, 0.05) is 0 Å². The normalized spacial score (nSPS) is 12.0. The average molecular weight is 370 g/mol. The van der Waals surface area contributed by atoms with Gasteiger partial charge in [0.1, 0.15) is 5.60 Å². The molecule has 26 heavy (non-hydrogen) atoms. The number of nitro groups is 1. The number of nitrogens with one attached hydrogen (secondary N) is 1. The first-order valence-electron chi connectivity index (χ1n) is 7.60. The predicted octanol–water partition coefficient (Wildman–Crippen LogP) is 2.65. The van der Waals surface area contributed by atoms with Gasteiger partial charge in [0.15, 0.2) is 11.5 Å². The Bertz CT molecular complexity index is 696. The number of benzene rings is 1. The molecule has 1 rings (SSSR count). The lowest BCUT2D eigenvalue weighted by Gasteiger charge is -2.23. The van der Waals surface area contributed by atoms with Crippen LogP contribution >= 0.6 is 0 Å². The van der Waals surface area contributed by atoms with Crippen molar-refractivity contribution in [2.24, 2.45) is 0 Å². The van der Waals surface area contributed by atoms with Crippen molar-refractivity contribution >= 4 is 17.7 Å². The molecule has 2 N–H and O–H groups in total. The summed E-state index contributed by atoms with van der Waals surface area (Å²) < 4.78 is 15.2. The van der Waals surface area contributed by atoms with Gasteiger partial charge in [0.25, 0.3) is 5.69 Å². The van der Waals surface area contributed by atoms with Crippen molar-refractivity contribution in [2.75, 3.05) is 14.2 Å². The molecule has 0 aromatic heterocycles. The van der Waals surface area contributed by atoms with Gasteiger partial charge >= 0.3 is 12.1 Å². The lowest BCUT2D eigenvalue weighted by Crippen LogP contribution is -2.36. The average Bonchev–Trinajstić information content (AvgIpc) is 2.50. The van der Waals surface area contributed by atoms with Crippen LogP contribution in [0.5, 0.6) is 11.5 Å². The summed E-state index contributed by atoms with van der Waals surface area (Å²) in [7, 11) is 2.65. The summed E-state index contributed by atoms with van der Waals surface area (Å²) in [6.07, 6.45) is -1.48. The standard InChI is InChI=1S/C16H22N2O8/c1-16(2,3)26-15(21)17-10(7-14(19)20)9-6-12(24-4)13(25-5)8-11(9)18(22)23/h6,8,10H,7H2,1-5H3,(H,17,21)(H,19,20)/t10-/m0/s1. The van der Waals surface area contributed by atoms with Gasteiger partial charge < -0.3 is 24.6 Å². The van der Waals surface area contributed by atoms with Crippen LogP contribution in [-0.4, -0.2) is 41.9 Å². The number of carboxylic acids is 1. The van der Waals surface area contributed by atoms with Gasteiger partial charge in [-0.2, -0.15) is 0 Å². The van der Waals surface area contributed by atoms with E-state index in [1.165, 1.54) is 20.3 Å². The quantitative estimate of drug-likeness (QED) is 0.552. The van der Waals surface area contributed by atoms with Crippen molar-refractivity contribution in [2.45, 2.75) is 38.8 Å². The number of carbonyl (C=O) groups excluding carboxylic acids is 1. The number of amides is 1. The van der Waals surface area contributed by atoms with E-state index >= 15 is 0 Å². The summed E-state index contributed by atoms with van der Waals surface area (Å²) in [5.41, 5.74) is -1.27. The van der Waals surface area contributed by atoms with E-state index in [1.807, 2.05) is 0 Å². The van der Waals surface area contributed by atoms with E-state index in [1.54, 1.807) is 20.8 Å². The number of methoxy groups -OCH3 is 2. The fraction of sp³-hybridized carbons (Fsp3) is 0.500. The fourth-order valence-corrected chi connectivity index (χ4v) is 2.18. The van der Waals surface area contributed by atoms with Gasteiger partial charge in [-0.3, -0.25) is 14.9 Å². The third-order valence-corrected chi connectivity index (χ3v) is 3.17. The van der Waals surface area contributed by atoms with E-state index in [9.17, 15) is 19.7 Å². The van der Waals surface area contributed by atoms with Crippen LogP contribution in [0.2, 0.25) is 0 Å². The molecule has 0 heterocycles. The van der Waals surface area contributed by atoms with Gasteiger partial charge in [-0.15, -0.1) is 0 Å². The van der Waals surface area contributed by atoms with E-state index < -0.39 is 40.7 Å². The van der Waals surface area contributed by atoms with Crippen LogP contribution in [0.15, 0.2) is 12.1 Å². The van der Waals surface area contributed by atoms with Crippen LogP contribution in [0, 0.1) is 10.1 Å². The number of ether oxygens (including phenoxy) is 3. The molecule has 0 saturated heterocycles. The van der Waals surface area contributed by atoms with Gasteiger partial charge in [-0.25, -0.2) is 4.79 Å². The minimum Gasteiger partial charge on any atom is -0.493 e. The van der Waals surface area contributed by atoms with Crippen molar-refractivity contribution < 1.29 is 33.8 Å². The maximum absolute atomic E-state index is 12.0. The Hall–Kier alpha value is -3.04. The number of hydrogen-bond acceptors (Lipinski definition) is 7. The van der Waals surface area contributed by atoms with E-state index in [0.717, 1.165) is 6.07 Å². The zero-order valence-corrected chi connectivity index (χ0v) is 15.2. The highest BCUT2D eigenvalue weighted by Gasteiger charge is 2.30. The number of nitro benzene ring substituents is 1. The maximum atomic E-state index is 12.0. The molecule has 10 heteroatoms. The van der Waals surface area contributed by atoms with Crippen LogP contribution in [0.1, 0.15) is 38.8 Å². The third-order valence-electron chi connectivity index (χ3n) is 3.17. The molecule has 0 aliphatic heterocycles. The summed E-state index contributed by atoms with van der Waals surface area (Å²) in [5.74, 6) is -0.987. The Kier molecular flexibility index (Phi) is 6.76. The Morgan fingerprint density at radius 3 is 2.19 bits per heavy atom. The lowest BCUT2D eigenvalue weighted by molar-refractivity contribution is -0.385. The number of hydrogen-bond donors (Lipinski definition) is 2. The molecule has 144 valence electrons. The number of alkyl carbamates (subject to hydrolysis) is 1. The first-order chi connectivity index (χ1) is 12.0. The molecule has 0 aliphatic carbocycles. The zero-order valence-electron chi connectivity index (χ0n) is 15.2. The van der Waals surface area contributed by atoms with Gasteiger partial charge in [-0.05, 0) is 26.8 Å². The number of carboxylic acid groups (broad SMARTS) is 1. The van der Waals surface area contributed by atoms with E-state index in [2.05, 4.69) is 5.32 Å². The molecule has 0 bridgehead atoms. The number of carbonyl (C=O) groups is 2. The molecular weight excluding hydrogens is 348 g/mol. The predicted molar refractivity (Wildman–Crippen MR) is 90.6 cm³/mol. The van der Waals surface area contributed by atoms with Crippen molar-refractivity contribution in [3.05, 3.63) is 27.8 Å². The molecule has 1 aromatic carbocycles. The molecule has 0 radical (unpaired) electrons. The van der Waals surface area contributed by atoms with Crippen LogP contribution < -0.4 is 14.8 Å². The van der Waals surface area contributed by atoms with Crippen LogP contribution in [-0.2, 0) is 9.53 Å². The maximum Gasteiger partial charge on any atom is 0.408 e. The molecule has 1 aromatic rings. The summed E-state index contributed by atoms with van der Waals surface area (Å²) in [4.78, 5) is 33.9. The minimum absolute atomic E-state index is 0.0408. The van der Waals surface area contributed by atoms with Crippen LogP contribution in [0.3, 0.4) is 0 Å². The highest BCUT2D eigenvalue weighted by atomic mass is 16.6. The number of aliphatic carboxylic acids is 1. The fourth-order valence-electron chi connectivity index (χ4n) is 2.18. The molecule has 0 spiro atoms. The molecule has 0 unspecified atom stereocenters. The molecule has 0 aliphatic rings. The molecule has 10 nitrogen and oxygen atoms in total. The number of nitrogens with zero attached hydrogens (tertiary/aromatic N) is 1. The van der Waals surface area contributed by atoms with E-state index in [0.29, 0.717) is 0 Å². The Labute approximate surface area is 150 Å². The van der Waals surface area contributed by atoms with Crippen LogP contribution in [0.4, 0.5) is 10.5 Å². The van der Waals surface area contributed by atoms with Crippen molar-refractivity contribution in [1.29, 1.82) is 0 Å². The molecular formula is C16H22N2O8. The van der Waals surface area contributed by atoms with Crippen LogP contribution in [0.25, 0.3) is 0 Å². The molecule has 1 atom stereocenters. The van der Waals surface area contributed by atoms with Gasteiger partial charge in [0.05, 0.1) is 43.2 Å². The highest BCUT2D eigenvalue weighted by molar-refractivity contribution is 5.73. The summed E-state index contributed by atoms with van der Waals surface area (Å²) in [5, 5.41) is 22.9. The lowest BCUT2D eigenvalue weighted by atomic mass is 10.0. The summed E-state index contributed by atoms with van der Waals surface area (Å²) in [6, 6.07) is 1.17. The third kappa shape index (κ3) is 5.80. The van der Waals surface area contributed by atoms with Crippen molar-refractivity contribution in [3.8, 4) is 11.5 Å². The monoisotopic (exact) mass is 370 g/mol. The highest BCUT2D eigenvalue weighted by Crippen LogP contribution is 2.38. The molecule has 1 amide bonds. The second-order valence-electron chi connectivity index (χ2n) is 6.32. The molecule has 0 fully saturated rings. The van der Waals surface area contributed by atoms with Crippen molar-refractivity contribution in [3.63, 3.8) is 0 Å². The molecule has 0 saturated carbocycles. The first-order valence-corrected chi connectivity index (χ1v) is 7.60. The Morgan fingerprint density at radius 2 is 1.77 bits per heavy atom. The Balaban J connectivity index is 3.38.